The topological polar surface area (TPSA) is 127 Å². The SMILES string of the molecule is NC(=O)C1=C(O)C(=O)N(C2CCCCC2)C1C(N)=O. The third kappa shape index (κ3) is 2.16. The van der Waals surface area contributed by atoms with Crippen molar-refractivity contribution >= 4 is 17.7 Å². The van der Waals surface area contributed by atoms with Crippen LogP contribution in [0.15, 0.2) is 11.3 Å². The molecule has 19 heavy (non-hydrogen) atoms. The molecule has 0 spiro atoms. The van der Waals surface area contributed by atoms with Crippen LogP contribution in [0.2, 0.25) is 0 Å². The first-order valence-electron chi connectivity index (χ1n) is 6.30. The molecule has 1 saturated carbocycles. The molecule has 0 bridgehead atoms. The van der Waals surface area contributed by atoms with E-state index in [0.29, 0.717) is 0 Å². The van der Waals surface area contributed by atoms with Crippen LogP contribution in [0.4, 0.5) is 0 Å². The number of carbonyl (C=O) groups is 3. The fraction of sp³-hybridized carbons (Fsp3) is 0.583. The summed E-state index contributed by atoms with van der Waals surface area (Å²) in [5, 5.41) is 9.73. The number of hydrogen-bond acceptors (Lipinski definition) is 4. The van der Waals surface area contributed by atoms with E-state index in [1.54, 1.807) is 0 Å². The Morgan fingerprint density at radius 3 is 2.21 bits per heavy atom. The summed E-state index contributed by atoms with van der Waals surface area (Å²) in [5.41, 5.74) is 10.0. The van der Waals surface area contributed by atoms with Crippen molar-refractivity contribution in [1.29, 1.82) is 0 Å². The van der Waals surface area contributed by atoms with Crippen molar-refractivity contribution in [3.63, 3.8) is 0 Å². The first kappa shape index (κ1) is 13.4. The van der Waals surface area contributed by atoms with Gasteiger partial charge in [0.05, 0.1) is 5.57 Å². The minimum Gasteiger partial charge on any atom is -0.503 e. The first-order valence-corrected chi connectivity index (χ1v) is 6.30. The fourth-order valence-electron chi connectivity index (χ4n) is 2.89. The van der Waals surface area contributed by atoms with Crippen molar-refractivity contribution < 1.29 is 19.5 Å². The molecule has 2 rings (SSSR count). The summed E-state index contributed by atoms with van der Waals surface area (Å²) in [4.78, 5) is 36.1. The van der Waals surface area contributed by atoms with E-state index in [-0.39, 0.29) is 11.6 Å². The van der Waals surface area contributed by atoms with Gasteiger partial charge in [-0.05, 0) is 12.8 Å². The second-order valence-corrected chi connectivity index (χ2v) is 4.94. The van der Waals surface area contributed by atoms with Crippen LogP contribution >= 0.6 is 0 Å². The van der Waals surface area contributed by atoms with Gasteiger partial charge in [0.1, 0.15) is 6.04 Å². The van der Waals surface area contributed by atoms with Crippen LogP contribution in [-0.4, -0.2) is 39.8 Å². The number of rotatable bonds is 3. The maximum Gasteiger partial charge on any atom is 0.290 e. The summed E-state index contributed by atoms with van der Waals surface area (Å²) in [6, 6.07) is -1.43. The Kier molecular flexibility index (Phi) is 3.46. The molecule has 0 saturated heterocycles. The molecule has 1 atom stereocenters. The normalized spacial score (nSPS) is 24.9. The quantitative estimate of drug-likeness (QED) is 0.625. The summed E-state index contributed by atoms with van der Waals surface area (Å²) in [7, 11) is 0. The van der Waals surface area contributed by atoms with Crippen LogP contribution in [0.3, 0.4) is 0 Å². The summed E-state index contributed by atoms with van der Waals surface area (Å²) in [5.74, 6) is -3.32. The maximum absolute atomic E-state index is 12.0. The lowest BCUT2D eigenvalue weighted by Crippen LogP contribution is -2.51. The summed E-state index contributed by atoms with van der Waals surface area (Å²) >= 11 is 0. The summed E-state index contributed by atoms with van der Waals surface area (Å²) < 4.78 is 0. The summed E-state index contributed by atoms with van der Waals surface area (Å²) in [6.45, 7) is 0. The highest BCUT2D eigenvalue weighted by Crippen LogP contribution is 2.32. The fourth-order valence-corrected chi connectivity index (χ4v) is 2.89. The van der Waals surface area contributed by atoms with E-state index in [1.807, 2.05) is 0 Å². The van der Waals surface area contributed by atoms with Gasteiger partial charge in [0, 0.05) is 6.04 Å². The Morgan fingerprint density at radius 1 is 1.16 bits per heavy atom. The highest BCUT2D eigenvalue weighted by atomic mass is 16.3. The van der Waals surface area contributed by atoms with Crippen LogP contribution < -0.4 is 11.5 Å². The van der Waals surface area contributed by atoms with Gasteiger partial charge in [-0.1, -0.05) is 19.3 Å². The zero-order chi connectivity index (χ0) is 14.2. The largest absolute Gasteiger partial charge is 0.503 e. The Balaban J connectivity index is 2.36. The maximum atomic E-state index is 12.0. The van der Waals surface area contributed by atoms with E-state index >= 15 is 0 Å². The molecule has 1 aliphatic heterocycles. The second-order valence-electron chi connectivity index (χ2n) is 4.94. The van der Waals surface area contributed by atoms with Gasteiger partial charge in [-0.25, -0.2) is 0 Å². The third-order valence-corrected chi connectivity index (χ3v) is 3.75. The van der Waals surface area contributed by atoms with Gasteiger partial charge >= 0.3 is 0 Å². The van der Waals surface area contributed by atoms with Crippen LogP contribution in [-0.2, 0) is 14.4 Å². The second kappa shape index (κ2) is 4.91. The van der Waals surface area contributed by atoms with Crippen molar-refractivity contribution in [3.8, 4) is 0 Å². The van der Waals surface area contributed by atoms with Gasteiger partial charge in [0.25, 0.3) is 11.8 Å². The molecule has 7 heteroatoms. The van der Waals surface area contributed by atoms with Gasteiger partial charge in [-0.15, -0.1) is 0 Å². The number of carbonyl (C=O) groups excluding carboxylic acids is 3. The van der Waals surface area contributed by atoms with Crippen molar-refractivity contribution in [3.05, 3.63) is 11.3 Å². The van der Waals surface area contributed by atoms with Crippen LogP contribution in [0, 0.1) is 0 Å². The zero-order valence-electron chi connectivity index (χ0n) is 10.5. The van der Waals surface area contributed by atoms with Gasteiger partial charge in [-0.3, -0.25) is 14.4 Å². The highest BCUT2D eigenvalue weighted by molar-refractivity contribution is 6.13. The molecular weight excluding hydrogens is 250 g/mol. The predicted octanol–water partition coefficient (Wildman–Crippen LogP) is -0.687. The molecule has 0 aromatic rings. The number of primary amides is 2. The predicted molar refractivity (Wildman–Crippen MR) is 65.6 cm³/mol. The van der Waals surface area contributed by atoms with Crippen LogP contribution in [0.5, 0.6) is 0 Å². The average Bonchev–Trinajstić information content (AvgIpc) is 2.64. The monoisotopic (exact) mass is 267 g/mol. The molecule has 1 heterocycles. The molecule has 0 aromatic heterocycles. The molecule has 3 amide bonds. The molecule has 0 aromatic carbocycles. The van der Waals surface area contributed by atoms with Crippen molar-refractivity contribution in [2.45, 2.75) is 44.2 Å². The lowest BCUT2D eigenvalue weighted by Gasteiger charge is -2.34. The van der Waals surface area contributed by atoms with Crippen molar-refractivity contribution in [1.82, 2.24) is 4.90 Å². The van der Waals surface area contributed by atoms with E-state index in [1.165, 1.54) is 4.90 Å². The number of amides is 3. The van der Waals surface area contributed by atoms with Gasteiger partial charge in [0.15, 0.2) is 5.76 Å². The number of hydrogen-bond donors (Lipinski definition) is 3. The van der Waals surface area contributed by atoms with Crippen molar-refractivity contribution in [2.75, 3.05) is 0 Å². The standard InChI is InChI=1S/C12H17N3O4/c13-10(17)7-8(11(14)18)15(12(19)9(7)16)6-4-2-1-3-5-6/h6,8,16H,1-5H2,(H2,13,17)(H2,14,18). The third-order valence-electron chi connectivity index (χ3n) is 3.75. The Labute approximate surface area is 110 Å². The Hall–Kier alpha value is -2.05. The van der Waals surface area contributed by atoms with Gasteiger partial charge in [0.2, 0.25) is 5.91 Å². The van der Waals surface area contributed by atoms with E-state index < -0.39 is 29.5 Å². The molecule has 7 nitrogen and oxygen atoms in total. The minimum absolute atomic E-state index is 0.183. The van der Waals surface area contributed by atoms with Gasteiger partial charge in [-0.2, -0.15) is 0 Å². The van der Waals surface area contributed by atoms with Crippen LogP contribution in [0.25, 0.3) is 0 Å². The number of nitrogens with zero attached hydrogens (tertiary/aromatic N) is 1. The van der Waals surface area contributed by atoms with Gasteiger partial charge < -0.3 is 21.5 Å². The van der Waals surface area contributed by atoms with E-state index in [9.17, 15) is 19.5 Å². The van der Waals surface area contributed by atoms with E-state index in [2.05, 4.69) is 0 Å². The number of nitrogens with two attached hydrogens (primary N) is 2. The number of aliphatic hydroxyl groups excluding tert-OH is 1. The smallest absolute Gasteiger partial charge is 0.290 e. The first-order chi connectivity index (χ1) is 8.95. The van der Waals surface area contributed by atoms with E-state index in [4.69, 9.17) is 11.5 Å². The Bertz CT molecular complexity index is 466. The zero-order valence-corrected chi connectivity index (χ0v) is 10.5. The average molecular weight is 267 g/mol. The molecule has 5 N–H and O–H groups in total. The highest BCUT2D eigenvalue weighted by Gasteiger charge is 2.48. The molecule has 104 valence electrons. The minimum atomic E-state index is -1.24. The van der Waals surface area contributed by atoms with E-state index in [0.717, 1.165) is 32.1 Å². The molecule has 1 unspecified atom stereocenters. The number of aliphatic hydroxyl groups is 1. The Morgan fingerprint density at radius 2 is 1.74 bits per heavy atom. The summed E-state index contributed by atoms with van der Waals surface area (Å²) in [6.07, 6.45) is 4.41. The lowest BCUT2D eigenvalue weighted by molar-refractivity contribution is -0.137. The molecule has 1 aliphatic carbocycles. The van der Waals surface area contributed by atoms with Crippen molar-refractivity contribution in [2.24, 2.45) is 11.5 Å². The molecular formula is C12H17N3O4. The van der Waals surface area contributed by atoms with Crippen LogP contribution in [0.1, 0.15) is 32.1 Å². The molecule has 2 aliphatic rings. The molecule has 0 radical (unpaired) electrons. The molecule has 1 fully saturated rings. The lowest BCUT2D eigenvalue weighted by atomic mass is 9.93.